The van der Waals surface area contributed by atoms with Crippen LogP contribution in [0.1, 0.15) is 10.6 Å². The third-order valence-corrected chi connectivity index (χ3v) is 4.42. The van der Waals surface area contributed by atoms with Gasteiger partial charge in [0, 0.05) is 12.7 Å². The van der Waals surface area contributed by atoms with Crippen molar-refractivity contribution >= 4 is 38.6 Å². The Hall–Kier alpha value is -2.07. The molecule has 20 heavy (non-hydrogen) atoms. The van der Waals surface area contributed by atoms with Gasteiger partial charge in [-0.2, -0.15) is 0 Å². The molecule has 0 saturated heterocycles. The van der Waals surface area contributed by atoms with Crippen LogP contribution in [0.15, 0.2) is 36.4 Å². The van der Waals surface area contributed by atoms with Gasteiger partial charge in [0.1, 0.15) is 0 Å². The number of nitrogens with zero attached hydrogens (tertiary/aromatic N) is 2. The Bertz CT molecular complexity index is 776. The molecule has 0 atom stereocenters. The van der Waals surface area contributed by atoms with E-state index < -0.39 is 0 Å². The van der Waals surface area contributed by atoms with Crippen molar-refractivity contribution in [1.29, 1.82) is 0 Å². The second kappa shape index (κ2) is 4.80. The van der Waals surface area contributed by atoms with E-state index in [1.165, 1.54) is 5.56 Å². The SMILES string of the molecule is Cc1nc2cc(N(C)c3ccccc3C)c(N)cc2s1. The second-order valence-corrected chi connectivity index (χ2v) is 6.19. The minimum atomic E-state index is 0.784. The summed E-state index contributed by atoms with van der Waals surface area (Å²) in [6.45, 7) is 4.12. The molecule has 0 fully saturated rings. The van der Waals surface area contributed by atoms with Crippen LogP contribution in [0.4, 0.5) is 17.1 Å². The molecule has 3 nitrogen and oxygen atoms in total. The lowest BCUT2D eigenvalue weighted by Crippen LogP contribution is -2.12. The number of nitrogen functional groups attached to an aromatic ring is 1. The molecule has 0 aliphatic rings. The Kier molecular flexibility index (Phi) is 3.10. The normalized spacial score (nSPS) is 10.9. The molecule has 2 N–H and O–H groups in total. The van der Waals surface area contributed by atoms with Crippen molar-refractivity contribution < 1.29 is 0 Å². The number of anilines is 3. The monoisotopic (exact) mass is 283 g/mol. The van der Waals surface area contributed by atoms with E-state index in [0.29, 0.717) is 0 Å². The summed E-state index contributed by atoms with van der Waals surface area (Å²) in [6, 6.07) is 12.4. The molecule has 0 aliphatic heterocycles. The van der Waals surface area contributed by atoms with Crippen LogP contribution < -0.4 is 10.6 Å². The van der Waals surface area contributed by atoms with E-state index in [0.717, 1.165) is 32.3 Å². The fraction of sp³-hybridized carbons (Fsp3) is 0.188. The van der Waals surface area contributed by atoms with Crippen molar-refractivity contribution in [3.8, 4) is 0 Å². The highest BCUT2D eigenvalue weighted by Crippen LogP contribution is 2.35. The summed E-state index contributed by atoms with van der Waals surface area (Å²) in [6.07, 6.45) is 0. The molecular formula is C16H17N3S. The lowest BCUT2D eigenvalue weighted by molar-refractivity contribution is 1.19. The lowest BCUT2D eigenvalue weighted by Gasteiger charge is -2.23. The summed E-state index contributed by atoms with van der Waals surface area (Å²) < 4.78 is 1.14. The molecule has 1 heterocycles. The van der Waals surface area contributed by atoms with Crippen LogP contribution in [0.5, 0.6) is 0 Å². The van der Waals surface area contributed by atoms with Gasteiger partial charge in [-0.3, -0.25) is 0 Å². The largest absolute Gasteiger partial charge is 0.397 e. The molecule has 0 unspecified atom stereocenters. The zero-order chi connectivity index (χ0) is 14.3. The Labute approximate surface area is 122 Å². The highest BCUT2D eigenvalue weighted by atomic mass is 32.1. The first-order chi connectivity index (χ1) is 9.56. The van der Waals surface area contributed by atoms with Crippen molar-refractivity contribution in [1.82, 2.24) is 4.98 Å². The lowest BCUT2D eigenvalue weighted by atomic mass is 10.1. The van der Waals surface area contributed by atoms with Crippen LogP contribution in [0.3, 0.4) is 0 Å². The summed E-state index contributed by atoms with van der Waals surface area (Å²) in [7, 11) is 2.04. The van der Waals surface area contributed by atoms with Crippen LogP contribution in [-0.4, -0.2) is 12.0 Å². The number of hydrogen-bond acceptors (Lipinski definition) is 4. The molecule has 0 aliphatic carbocycles. The quantitative estimate of drug-likeness (QED) is 0.714. The second-order valence-electron chi connectivity index (χ2n) is 4.96. The Morgan fingerprint density at radius 3 is 2.60 bits per heavy atom. The number of thiazole rings is 1. The number of benzene rings is 2. The summed E-state index contributed by atoms with van der Waals surface area (Å²) >= 11 is 1.68. The Morgan fingerprint density at radius 1 is 1.10 bits per heavy atom. The van der Waals surface area contributed by atoms with E-state index in [9.17, 15) is 0 Å². The number of aromatic nitrogens is 1. The molecule has 0 spiro atoms. The fourth-order valence-electron chi connectivity index (χ4n) is 2.45. The topological polar surface area (TPSA) is 42.2 Å². The maximum atomic E-state index is 6.22. The van der Waals surface area contributed by atoms with Crippen molar-refractivity contribution in [2.45, 2.75) is 13.8 Å². The number of para-hydroxylation sites is 1. The summed E-state index contributed by atoms with van der Waals surface area (Å²) in [5.74, 6) is 0. The van der Waals surface area contributed by atoms with E-state index >= 15 is 0 Å². The number of fused-ring (bicyclic) bond motifs is 1. The maximum Gasteiger partial charge on any atom is 0.0907 e. The fourth-order valence-corrected chi connectivity index (χ4v) is 3.31. The zero-order valence-corrected chi connectivity index (χ0v) is 12.7. The number of aryl methyl sites for hydroxylation is 2. The molecule has 4 heteroatoms. The minimum absolute atomic E-state index is 0.784. The molecular weight excluding hydrogens is 266 g/mol. The predicted octanol–water partition coefficient (Wildman–Crippen LogP) is 4.26. The van der Waals surface area contributed by atoms with Crippen molar-refractivity contribution in [2.24, 2.45) is 0 Å². The third-order valence-electron chi connectivity index (χ3n) is 3.48. The molecule has 0 saturated carbocycles. The number of hydrogen-bond donors (Lipinski definition) is 1. The summed E-state index contributed by atoms with van der Waals surface area (Å²) in [4.78, 5) is 6.67. The van der Waals surface area contributed by atoms with Gasteiger partial charge in [-0.1, -0.05) is 18.2 Å². The van der Waals surface area contributed by atoms with Crippen molar-refractivity contribution in [3.63, 3.8) is 0 Å². The van der Waals surface area contributed by atoms with E-state index in [4.69, 9.17) is 5.73 Å². The molecule has 1 aromatic heterocycles. The van der Waals surface area contributed by atoms with Crippen LogP contribution in [0.25, 0.3) is 10.2 Å². The van der Waals surface area contributed by atoms with E-state index in [1.807, 2.05) is 32.2 Å². The molecule has 0 radical (unpaired) electrons. The van der Waals surface area contributed by atoms with Crippen LogP contribution in [0.2, 0.25) is 0 Å². The standard InChI is InChI=1S/C16H17N3S/c1-10-6-4-5-7-14(10)19(3)15-9-13-16(8-12(15)17)20-11(2)18-13/h4-9H,17H2,1-3H3. The van der Waals surface area contributed by atoms with E-state index in [-0.39, 0.29) is 0 Å². The van der Waals surface area contributed by atoms with Gasteiger partial charge < -0.3 is 10.6 Å². The van der Waals surface area contributed by atoms with Gasteiger partial charge in [0.15, 0.2) is 0 Å². The van der Waals surface area contributed by atoms with Crippen molar-refractivity contribution in [2.75, 3.05) is 17.7 Å². The van der Waals surface area contributed by atoms with Crippen molar-refractivity contribution in [3.05, 3.63) is 47.0 Å². The van der Waals surface area contributed by atoms with Gasteiger partial charge >= 0.3 is 0 Å². The molecule has 3 aromatic rings. The van der Waals surface area contributed by atoms with E-state index in [1.54, 1.807) is 11.3 Å². The summed E-state index contributed by atoms with van der Waals surface area (Å²) in [5.41, 5.74) is 11.4. The first kappa shape index (κ1) is 12.9. The van der Waals surface area contributed by atoms with Gasteiger partial charge in [-0.05, 0) is 37.6 Å². The Balaban J connectivity index is 2.13. The Morgan fingerprint density at radius 2 is 1.85 bits per heavy atom. The van der Waals surface area contributed by atoms with Gasteiger partial charge in [0.2, 0.25) is 0 Å². The van der Waals surface area contributed by atoms with Crippen LogP contribution >= 0.6 is 11.3 Å². The highest BCUT2D eigenvalue weighted by molar-refractivity contribution is 7.18. The van der Waals surface area contributed by atoms with Gasteiger partial charge in [0.05, 0.1) is 26.6 Å². The van der Waals surface area contributed by atoms with Gasteiger partial charge in [-0.25, -0.2) is 4.98 Å². The third kappa shape index (κ3) is 2.12. The average molecular weight is 283 g/mol. The highest BCUT2D eigenvalue weighted by Gasteiger charge is 2.12. The minimum Gasteiger partial charge on any atom is -0.397 e. The van der Waals surface area contributed by atoms with Gasteiger partial charge in [-0.15, -0.1) is 11.3 Å². The molecule has 3 rings (SSSR count). The van der Waals surface area contributed by atoms with E-state index in [2.05, 4.69) is 35.0 Å². The maximum absolute atomic E-state index is 6.22. The number of rotatable bonds is 2. The number of nitrogens with two attached hydrogens (primary N) is 1. The molecule has 0 amide bonds. The first-order valence-corrected chi connectivity index (χ1v) is 7.34. The molecule has 2 aromatic carbocycles. The molecule has 102 valence electrons. The predicted molar refractivity (Wildman–Crippen MR) is 88.0 cm³/mol. The first-order valence-electron chi connectivity index (χ1n) is 6.52. The van der Waals surface area contributed by atoms with Crippen LogP contribution in [0, 0.1) is 13.8 Å². The van der Waals surface area contributed by atoms with Gasteiger partial charge in [0.25, 0.3) is 0 Å². The zero-order valence-electron chi connectivity index (χ0n) is 11.8. The molecule has 0 bridgehead atoms. The summed E-state index contributed by atoms with van der Waals surface area (Å²) in [5, 5.41) is 1.06. The van der Waals surface area contributed by atoms with Crippen LogP contribution in [-0.2, 0) is 0 Å². The smallest absolute Gasteiger partial charge is 0.0907 e. The average Bonchev–Trinajstić information content (AvgIpc) is 2.76.